The van der Waals surface area contributed by atoms with Crippen LogP contribution < -0.4 is 14.8 Å². The first kappa shape index (κ1) is 15.8. The summed E-state index contributed by atoms with van der Waals surface area (Å²) >= 11 is 0. The fourth-order valence-electron chi connectivity index (χ4n) is 2.68. The highest BCUT2D eigenvalue weighted by Crippen LogP contribution is 2.33. The zero-order valence-corrected chi connectivity index (χ0v) is 12.3. The molecule has 2 atom stereocenters. The van der Waals surface area contributed by atoms with Crippen LogP contribution in [0.1, 0.15) is 25.7 Å². The van der Waals surface area contributed by atoms with Gasteiger partial charge in [0.2, 0.25) is 0 Å². The second kappa shape index (κ2) is 7.45. The summed E-state index contributed by atoms with van der Waals surface area (Å²) in [5, 5.41) is 3.35. The number of alkyl halides is 2. The van der Waals surface area contributed by atoms with Crippen LogP contribution >= 0.6 is 0 Å². The molecule has 4 nitrogen and oxygen atoms in total. The molecule has 0 aliphatic heterocycles. The summed E-state index contributed by atoms with van der Waals surface area (Å²) in [5.41, 5.74) is 0.744. The molecule has 6 heteroatoms. The van der Waals surface area contributed by atoms with Crippen molar-refractivity contribution in [3.63, 3.8) is 0 Å². The number of anilines is 1. The molecular formula is C15H21F2NO3. The van der Waals surface area contributed by atoms with Crippen LogP contribution in [0.15, 0.2) is 18.2 Å². The molecule has 118 valence electrons. The van der Waals surface area contributed by atoms with Gasteiger partial charge in [-0.05, 0) is 37.8 Å². The molecule has 2 rings (SSSR count). The van der Waals surface area contributed by atoms with Gasteiger partial charge in [0.05, 0.1) is 13.2 Å². The van der Waals surface area contributed by atoms with Crippen molar-refractivity contribution in [1.82, 2.24) is 0 Å². The van der Waals surface area contributed by atoms with Crippen molar-refractivity contribution in [3.05, 3.63) is 18.2 Å². The normalized spacial score (nSPS) is 22.1. The zero-order valence-electron chi connectivity index (χ0n) is 12.3. The second-order valence-corrected chi connectivity index (χ2v) is 5.11. The predicted molar refractivity (Wildman–Crippen MR) is 76.3 cm³/mol. The summed E-state index contributed by atoms with van der Waals surface area (Å²) in [6.07, 6.45) is 4.36. The fourth-order valence-corrected chi connectivity index (χ4v) is 2.68. The van der Waals surface area contributed by atoms with E-state index in [0.29, 0.717) is 5.75 Å². The van der Waals surface area contributed by atoms with Crippen LogP contribution in [-0.2, 0) is 4.74 Å². The van der Waals surface area contributed by atoms with Gasteiger partial charge in [0.15, 0.2) is 11.5 Å². The molecule has 0 saturated heterocycles. The molecule has 1 aliphatic rings. The van der Waals surface area contributed by atoms with Gasteiger partial charge in [-0.1, -0.05) is 0 Å². The maximum atomic E-state index is 12.4. The molecule has 1 aromatic rings. The Morgan fingerprint density at radius 1 is 1.19 bits per heavy atom. The van der Waals surface area contributed by atoms with Crippen molar-refractivity contribution in [2.75, 3.05) is 19.5 Å². The molecule has 0 bridgehead atoms. The van der Waals surface area contributed by atoms with Gasteiger partial charge in [-0.2, -0.15) is 8.78 Å². The SMILES string of the molecule is COc1ccc(NC2CCCC(OC)C2)cc1OC(F)F. The number of nitrogens with one attached hydrogen (secondary N) is 1. The number of methoxy groups -OCH3 is 2. The number of hydrogen-bond acceptors (Lipinski definition) is 4. The quantitative estimate of drug-likeness (QED) is 0.870. The topological polar surface area (TPSA) is 39.7 Å². The van der Waals surface area contributed by atoms with E-state index < -0.39 is 6.61 Å². The van der Waals surface area contributed by atoms with Gasteiger partial charge in [-0.3, -0.25) is 0 Å². The molecule has 1 aliphatic carbocycles. The van der Waals surface area contributed by atoms with Crippen LogP contribution in [0.3, 0.4) is 0 Å². The van der Waals surface area contributed by atoms with Gasteiger partial charge in [-0.25, -0.2) is 0 Å². The van der Waals surface area contributed by atoms with E-state index in [9.17, 15) is 8.78 Å². The highest BCUT2D eigenvalue weighted by atomic mass is 19.3. The Hall–Kier alpha value is -1.56. The van der Waals surface area contributed by atoms with Crippen molar-refractivity contribution in [2.45, 2.75) is 44.4 Å². The summed E-state index contributed by atoms with van der Waals surface area (Å²) in [5.74, 6) is 0.330. The average Bonchev–Trinajstić information content (AvgIpc) is 2.47. The molecular weight excluding hydrogens is 280 g/mol. The standard InChI is InChI=1S/C15H21F2NO3/c1-19-12-5-3-4-10(8-12)18-11-6-7-13(20-2)14(9-11)21-15(16)17/h6-7,9-10,12,15,18H,3-5,8H2,1-2H3. The molecule has 2 unspecified atom stereocenters. The molecule has 0 spiro atoms. The summed E-state index contributed by atoms with van der Waals surface area (Å²) in [6.45, 7) is -2.87. The van der Waals surface area contributed by atoms with Gasteiger partial charge in [0.1, 0.15) is 0 Å². The van der Waals surface area contributed by atoms with Gasteiger partial charge in [-0.15, -0.1) is 0 Å². The summed E-state index contributed by atoms with van der Waals surface area (Å²) in [4.78, 5) is 0. The predicted octanol–water partition coefficient (Wildman–Crippen LogP) is 3.67. The summed E-state index contributed by atoms with van der Waals surface area (Å²) in [6, 6.07) is 5.24. The molecule has 1 aromatic carbocycles. The Morgan fingerprint density at radius 3 is 2.67 bits per heavy atom. The Balaban J connectivity index is 2.05. The first-order chi connectivity index (χ1) is 10.1. The third kappa shape index (κ3) is 4.46. The fraction of sp³-hybridized carbons (Fsp3) is 0.600. The number of rotatable bonds is 6. The number of halogens is 2. The first-order valence-corrected chi connectivity index (χ1v) is 7.04. The molecule has 0 heterocycles. The maximum Gasteiger partial charge on any atom is 0.387 e. The lowest BCUT2D eigenvalue weighted by Gasteiger charge is -2.29. The number of benzene rings is 1. The van der Waals surface area contributed by atoms with E-state index in [-0.39, 0.29) is 17.9 Å². The van der Waals surface area contributed by atoms with Crippen LogP contribution in [0.25, 0.3) is 0 Å². The third-order valence-corrected chi connectivity index (χ3v) is 3.71. The van der Waals surface area contributed by atoms with Crippen LogP contribution in [-0.4, -0.2) is 33.0 Å². The van der Waals surface area contributed by atoms with Gasteiger partial charge < -0.3 is 19.5 Å². The smallest absolute Gasteiger partial charge is 0.387 e. The van der Waals surface area contributed by atoms with E-state index in [1.807, 2.05) is 0 Å². The Bertz CT molecular complexity index is 457. The van der Waals surface area contributed by atoms with Crippen molar-refractivity contribution >= 4 is 5.69 Å². The molecule has 0 amide bonds. The van der Waals surface area contributed by atoms with Gasteiger partial charge in [0, 0.05) is 24.9 Å². The third-order valence-electron chi connectivity index (χ3n) is 3.71. The van der Waals surface area contributed by atoms with Gasteiger partial charge >= 0.3 is 6.61 Å². The van der Waals surface area contributed by atoms with E-state index in [1.165, 1.54) is 7.11 Å². The number of hydrogen-bond donors (Lipinski definition) is 1. The van der Waals surface area contributed by atoms with E-state index in [2.05, 4.69) is 10.1 Å². The highest BCUT2D eigenvalue weighted by Gasteiger charge is 2.22. The van der Waals surface area contributed by atoms with Gasteiger partial charge in [0.25, 0.3) is 0 Å². The summed E-state index contributed by atoms with van der Waals surface area (Å²) < 4.78 is 39.7. The zero-order chi connectivity index (χ0) is 15.2. The monoisotopic (exact) mass is 301 g/mol. The Kier molecular flexibility index (Phi) is 5.61. The largest absolute Gasteiger partial charge is 0.493 e. The van der Waals surface area contributed by atoms with Crippen molar-refractivity contribution in [2.24, 2.45) is 0 Å². The Morgan fingerprint density at radius 2 is 2.00 bits per heavy atom. The van der Waals surface area contributed by atoms with E-state index in [1.54, 1.807) is 25.3 Å². The minimum Gasteiger partial charge on any atom is -0.493 e. The lowest BCUT2D eigenvalue weighted by molar-refractivity contribution is -0.0511. The van der Waals surface area contributed by atoms with Crippen molar-refractivity contribution in [3.8, 4) is 11.5 Å². The molecule has 0 aromatic heterocycles. The molecule has 1 saturated carbocycles. The minimum absolute atomic E-state index is 0.0385. The highest BCUT2D eigenvalue weighted by molar-refractivity contribution is 5.55. The van der Waals surface area contributed by atoms with Crippen LogP contribution in [0.5, 0.6) is 11.5 Å². The Labute approximate surface area is 123 Å². The van der Waals surface area contributed by atoms with Crippen LogP contribution in [0, 0.1) is 0 Å². The van der Waals surface area contributed by atoms with Crippen molar-refractivity contribution in [1.29, 1.82) is 0 Å². The lowest BCUT2D eigenvalue weighted by atomic mass is 9.92. The van der Waals surface area contributed by atoms with E-state index in [4.69, 9.17) is 9.47 Å². The van der Waals surface area contributed by atoms with E-state index in [0.717, 1.165) is 31.4 Å². The average molecular weight is 301 g/mol. The molecule has 1 fully saturated rings. The molecule has 1 N–H and O–H groups in total. The number of ether oxygens (including phenoxy) is 3. The van der Waals surface area contributed by atoms with Crippen LogP contribution in [0.2, 0.25) is 0 Å². The summed E-state index contributed by atoms with van der Waals surface area (Å²) in [7, 11) is 3.14. The lowest BCUT2D eigenvalue weighted by Crippen LogP contribution is -2.31. The second-order valence-electron chi connectivity index (χ2n) is 5.11. The minimum atomic E-state index is -2.87. The van der Waals surface area contributed by atoms with Crippen LogP contribution in [0.4, 0.5) is 14.5 Å². The molecule has 21 heavy (non-hydrogen) atoms. The van der Waals surface area contributed by atoms with E-state index >= 15 is 0 Å². The molecule has 0 radical (unpaired) electrons. The maximum absolute atomic E-state index is 12.4. The van der Waals surface area contributed by atoms with Crippen molar-refractivity contribution < 1.29 is 23.0 Å². The first-order valence-electron chi connectivity index (χ1n) is 7.04.